The number of nitrogens with one attached hydrogen (secondary N) is 2. The molecule has 1 amide bonds. The zero-order valence-electron chi connectivity index (χ0n) is 19.8. The van der Waals surface area contributed by atoms with E-state index in [0.717, 1.165) is 29.3 Å². The average Bonchev–Trinajstić information content (AvgIpc) is 3.65. The van der Waals surface area contributed by atoms with E-state index < -0.39 is 0 Å². The third-order valence-electron chi connectivity index (χ3n) is 6.10. The quantitative estimate of drug-likeness (QED) is 0.374. The second-order valence-corrected chi connectivity index (χ2v) is 9.80. The van der Waals surface area contributed by atoms with E-state index in [1.165, 1.54) is 23.4 Å². The number of nitrogens with zero attached hydrogens (tertiary/aromatic N) is 4. The van der Waals surface area contributed by atoms with Gasteiger partial charge >= 0.3 is 0 Å². The predicted molar refractivity (Wildman–Crippen MR) is 139 cm³/mol. The molecule has 4 heterocycles. The molecule has 1 aliphatic heterocycles. The minimum atomic E-state index is -0.139. The molecular formula is C26H28N6O2S. The van der Waals surface area contributed by atoms with Crippen LogP contribution in [-0.4, -0.2) is 54.0 Å². The fourth-order valence-electron chi connectivity index (χ4n) is 4.13. The summed E-state index contributed by atoms with van der Waals surface area (Å²) >= 11 is 1.40. The molecule has 1 saturated heterocycles. The number of rotatable bonds is 8. The Morgan fingerprint density at radius 3 is 2.91 bits per heavy atom. The van der Waals surface area contributed by atoms with E-state index in [4.69, 9.17) is 4.42 Å². The van der Waals surface area contributed by atoms with E-state index in [-0.39, 0.29) is 5.91 Å². The predicted octanol–water partition coefficient (Wildman–Crippen LogP) is 4.61. The van der Waals surface area contributed by atoms with Crippen molar-refractivity contribution in [1.29, 1.82) is 0 Å². The number of hydrogen-bond acceptors (Lipinski definition) is 8. The number of furan rings is 1. The molecule has 35 heavy (non-hydrogen) atoms. The lowest BCUT2D eigenvalue weighted by Gasteiger charge is -2.22. The molecule has 0 aliphatic carbocycles. The molecule has 9 heteroatoms. The van der Waals surface area contributed by atoms with Crippen LogP contribution in [0, 0.1) is 0 Å². The minimum Gasteiger partial charge on any atom is -0.467 e. The van der Waals surface area contributed by atoms with Gasteiger partial charge in [-0.1, -0.05) is 6.07 Å². The molecule has 0 radical (unpaired) electrons. The number of carbonyl (C=O) groups is 1. The molecule has 1 aliphatic rings. The smallest absolute Gasteiger partial charge is 0.261 e. The summed E-state index contributed by atoms with van der Waals surface area (Å²) < 4.78 is 5.27. The first-order chi connectivity index (χ1) is 17.0. The topological polar surface area (TPSA) is 86.5 Å². The van der Waals surface area contributed by atoms with Crippen molar-refractivity contribution in [2.45, 2.75) is 19.0 Å². The molecule has 1 unspecified atom stereocenters. The van der Waals surface area contributed by atoms with E-state index in [2.05, 4.69) is 62.7 Å². The van der Waals surface area contributed by atoms with Crippen molar-refractivity contribution in [3.8, 4) is 10.6 Å². The van der Waals surface area contributed by atoms with Gasteiger partial charge < -0.3 is 24.9 Å². The minimum absolute atomic E-state index is 0.139. The van der Waals surface area contributed by atoms with Crippen LogP contribution in [0.3, 0.4) is 0 Å². The van der Waals surface area contributed by atoms with Crippen molar-refractivity contribution < 1.29 is 9.21 Å². The molecule has 1 aromatic carbocycles. The SMILES string of the molecule is CN(C)C1CCN(c2cccc(Nc3nccc(-c4ccc(C(=O)NCc5ccco5)s4)n3)c2)C1. The highest BCUT2D eigenvalue weighted by molar-refractivity contribution is 7.17. The Kier molecular flexibility index (Phi) is 6.78. The van der Waals surface area contributed by atoms with Gasteiger partial charge in [0.2, 0.25) is 5.95 Å². The highest BCUT2D eigenvalue weighted by Gasteiger charge is 2.24. The summed E-state index contributed by atoms with van der Waals surface area (Å²) in [6.45, 7) is 2.43. The van der Waals surface area contributed by atoms with Crippen molar-refractivity contribution in [2.24, 2.45) is 0 Å². The van der Waals surface area contributed by atoms with Gasteiger partial charge in [0.15, 0.2) is 0 Å². The van der Waals surface area contributed by atoms with Crippen LogP contribution in [0.1, 0.15) is 21.9 Å². The van der Waals surface area contributed by atoms with E-state index in [0.29, 0.717) is 29.2 Å². The van der Waals surface area contributed by atoms with Crippen molar-refractivity contribution >= 4 is 34.6 Å². The molecule has 2 N–H and O–H groups in total. The normalized spacial score (nSPS) is 15.5. The molecule has 3 aromatic heterocycles. The van der Waals surface area contributed by atoms with E-state index in [1.807, 2.05) is 30.3 Å². The number of anilines is 3. The molecular weight excluding hydrogens is 460 g/mol. The second kappa shape index (κ2) is 10.3. The van der Waals surface area contributed by atoms with Gasteiger partial charge in [-0.25, -0.2) is 9.97 Å². The fraction of sp³-hybridized carbons (Fsp3) is 0.269. The van der Waals surface area contributed by atoms with E-state index in [9.17, 15) is 4.79 Å². The van der Waals surface area contributed by atoms with Crippen LogP contribution in [0.25, 0.3) is 10.6 Å². The van der Waals surface area contributed by atoms with Gasteiger partial charge in [-0.2, -0.15) is 0 Å². The molecule has 0 spiro atoms. The maximum Gasteiger partial charge on any atom is 0.261 e. The number of carbonyl (C=O) groups excluding carboxylic acids is 1. The number of hydrogen-bond donors (Lipinski definition) is 2. The van der Waals surface area contributed by atoms with Crippen molar-refractivity contribution in [3.05, 3.63) is 77.7 Å². The summed E-state index contributed by atoms with van der Waals surface area (Å²) in [6, 6.07) is 18.1. The number of amides is 1. The zero-order valence-corrected chi connectivity index (χ0v) is 20.6. The summed E-state index contributed by atoms with van der Waals surface area (Å²) in [7, 11) is 4.28. The largest absolute Gasteiger partial charge is 0.467 e. The standard InChI is InChI=1S/C26H28N6O2S/c1-31(2)20-11-13-32(17-20)19-6-3-5-18(15-19)29-26-27-12-10-22(30-26)23-8-9-24(35-23)25(33)28-16-21-7-4-14-34-21/h3-10,12,14-15,20H,11,13,16-17H2,1-2H3,(H,28,33)(H,27,29,30). The van der Waals surface area contributed by atoms with Crippen LogP contribution < -0.4 is 15.5 Å². The van der Waals surface area contributed by atoms with Gasteiger partial charge in [0.05, 0.1) is 28.3 Å². The maximum atomic E-state index is 12.5. The molecule has 5 rings (SSSR count). The van der Waals surface area contributed by atoms with Crippen LogP contribution in [0.5, 0.6) is 0 Å². The van der Waals surface area contributed by atoms with E-state index >= 15 is 0 Å². The van der Waals surface area contributed by atoms with Gasteiger partial charge in [0, 0.05) is 36.7 Å². The summed E-state index contributed by atoms with van der Waals surface area (Å²) in [6.07, 6.45) is 4.49. The van der Waals surface area contributed by atoms with Gasteiger partial charge in [-0.3, -0.25) is 4.79 Å². The van der Waals surface area contributed by atoms with Crippen LogP contribution in [-0.2, 0) is 6.54 Å². The third-order valence-corrected chi connectivity index (χ3v) is 7.21. The Bertz CT molecular complexity index is 1290. The summed E-state index contributed by atoms with van der Waals surface area (Å²) in [5.41, 5.74) is 2.90. The number of benzene rings is 1. The van der Waals surface area contributed by atoms with Crippen LogP contribution in [0.15, 0.2) is 71.5 Å². The van der Waals surface area contributed by atoms with Gasteiger partial charge in [0.1, 0.15) is 5.76 Å². The lowest BCUT2D eigenvalue weighted by Crippen LogP contribution is -2.31. The Balaban J connectivity index is 1.25. The number of thiophene rings is 1. The van der Waals surface area contributed by atoms with Crippen molar-refractivity contribution in [3.63, 3.8) is 0 Å². The Morgan fingerprint density at radius 1 is 1.20 bits per heavy atom. The molecule has 0 bridgehead atoms. The highest BCUT2D eigenvalue weighted by Crippen LogP contribution is 2.29. The Labute approximate surface area is 208 Å². The Hall–Kier alpha value is -3.69. The average molecular weight is 489 g/mol. The molecule has 0 saturated carbocycles. The molecule has 180 valence electrons. The van der Waals surface area contributed by atoms with Crippen molar-refractivity contribution in [2.75, 3.05) is 37.4 Å². The first kappa shape index (κ1) is 23.1. The van der Waals surface area contributed by atoms with Crippen LogP contribution >= 0.6 is 11.3 Å². The first-order valence-corrected chi connectivity index (χ1v) is 12.4. The molecule has 4 aromatic rings. The fourth-order valence-corrected chi connectivity index (χ4v) is 5.02. The van der Waals surface area contributed by atoms with Crippen molar-refractivity contribution in [1.82, 2.24) is 20.2 Å². The van der Waals surface area contributed by atoms with Gasteiger partial charge in [0.25, 0.3) is 5.91 Å². The third kappa shape index (κ3) is 5.52. The lowest BCUT2D eigenvalue weighted by atomic mass is 10.2. The van der Waals surface area contributed by atoms with Crippen LogP contribution in [0.4, 0.5) is 17.3 Å². The zero-order chi connectivity index (χ0) is 24.2. The maximum absolute atomic E-state index is 12.5. The summed E-state index contributed by atoms with van der Waals surface area (Å²) in [4.78, 5) is 27.8. The monoisotopic (exact) mass is 488 g/mol. The highest BCUT2D eigenvalue weighted by atomic mass is 32.1. The second-order valence-electron chi connectivity index (χ2n) is 8.72. The van der Waals surface area contributed by atoms with Gasteiger partial charge in [-0.15, -0.1) is 11.3 Å². The molecule has 1 fully saturated rings. The Morgan fingerprint density at radius 2 is 2.11 bits per heavy atom. The number of aromatic nitrogens is 2. The van der Waals surface area contributed by atoms with Gasteiger partial charge in [-0.05, 0) is 69.0 Å². The molecule has 1 atom stereocenters. The summed E-state index contributed by atoms with van der Waals surface area (Å²) in [5, 5.41) is 6.21. The number of likely N-dealkylation sites (N-methyl/N-ethyl adjacent to an activating group) is 1. The molecule has 8 nitrogen and oxygen atoms in total. The van der Waals surface area contributed by atoms with Crippen LogP contribution in [0.2, 0.25) is 0 Å². The van der Waals surface area contributed by atoms with E-state index in [1.54, 1.807) is 18.5 Å². The first-order valence-electron chi connectivity index (χ1n) is 11.6. The summed E-state index contributed by atoms with van der Waals surface area (Å²) in [5.74, 6) is 1.10. The lowest BCUT2D eigenvalue weighted by molar-refractivity contribution is 0.0952.